The van der Waals surface area contributed by atoms with Crippen molar-refractivity contribution in [1.29, 1.82) is 0 Å². The van der Waals surface area contributed by atoms with Crippen molar-refractivity contribution < 1.29 is 13.5 Å². The van der Waals surface area contributed by atoms with Crippen LogP contribution in [0.15, 0.2) is 18.3 Å². The molecule has 0 saturated heterocycles. The molecular weight excluding hydrogens is 302 g/mol. The van der Waals surface area contributed by atoms with Crippen LogP contribution in [0.25, 0.3) is 11.3 Å². The molecular formula is C16H18F2N4O. The first-order chi connectivity index (χ1) is 11.0. The Balaban J connectivity index is 2.15. The van der Waals surface area contributed by atoms with Crippen molar-refractivity contribution in [1.82, 2.24) is 9.97 Å². The minimum Gasteiger partial charge on any atom is -0.486 e. The maximum absolute atomic E-state index is 14.4. The second-order valence-corrected chi connectivity index (χ2v) is 5.58. The average Bonchev–Trinajstić information content (AvgIpc) is 2.54. The summed E-state index contributed by atoms with van der Waals surface area (Å²) in [6.07, 6.45) is 1.07. The van der Waals surface area contributed by atoms with Gasteiger partial charge in [0.05, 0.1) is 18.4 Å². The van der Waals surface area contributed by atoms with Crippen molar-refractivity contribution in [2.24, 2.45) is 0 Å². The second-order valence-electron chi connectivity index (χ2n) is 5.58. The first-order valence-electron chi connectivity index (χ1n) is 7.45. The summed E-state index contributed by atoms with van der Waals surface area (Å²) in [7, 11) is 1.64. The molecule has 0 fully saturated rings. The van der Waals surface area contributed by atoms with E-state index in [4.69, 9.17) is 4.74 Å². The maximum Gasteiger partial charge on any atom is 0.223 e. The van der Waals surface area contributed by atoms with Crippen LogP contribution >= 0.6 is 0 Å². The lowest BCUT2D eigenvalue weighted by molar-refractivity contribution is 0.287. The minimum absolute atomic E-state index is 0.0559. The Hall–Kier alpha value is -2.44. The summed E-state index contributed by atoms with van der Waals surface area (Å²) in [6.45, 7) is 5.11. The van der Waals surface area contributed by atoms with Gasteiger partial charge in [-0.2, -0.15) is 0 Å². The van der Waals surface area contributed by atoms with Gasteiger partial charge in [-0.25, -0.2) is 18.7 Å². The molecule has 0 saturated carbocycles. The van der Waals surface area contributed by atoms with Crippen LogP contribution in [-0.4, -0.2) is 36.2 Å². The van der Waals surface area contributed by atoms with Crippen molar-refractivity contribution >= 4 is 11.6 Å². The fourth-order valence-corrected chi connectivity index (χ4v) is 2.66. The number of benzene rings is 1. The summed E-state index contributed by atoms with van der Waals surface area (Å²) < 4.78 is 34.0. The SMILES string of the molecule is CNc1ncc(F)c(-c2cc(F)c3c(c2)N(C(C)C)CCO3)n1. The molecule has 3 rings (SSSR count). The largest absolute Gasteiger partial charge is 0.486 e. The minimum atomic E-state index is -0.601. The number of aromatic nitrogens is 2. The predicted molar refractivity (Wildman–Crippen MR) is 84.9 cm³/mol. The van der Waals surface area contributed by atoms with E-state index in [1.165, 1.54) is 6.07 Å². The molecule has 0 amide bonds. The zero-order valence-electron chi connectivity index (χ0n) is 13.2. The molecule has 7 heteroatoms. The van der Waals surface area contributed by atoms with Gasteiger partial charge in [-0.15, -0.1) is 0 Å². The maximum atomic E-state index is 14.4. The fourth-order valence-electron chi connectivity index (χ4n) is 2.66. The zero-order chi connectivity index (χ0) is 16.6. The van der Waals surface area contributed by atoms with E-state index in [0.717, 1.165) is 6.20 Å². The van der Waals surface area contributed by atoms with Crippen molar-refractivity contribution in [3.63, 3.8) is 0 Å². The van der Waals surface area contributed by atoms with E-state index in [1.54, 1.807) is 13.1 Å². The second kappa shape index (κ2) is 5.98. The number of rotatable bonds is 3. The first-order valence-corrected chi connectivity index (χ1v) is 7.45. The Morgan fingerprint density at radius 2 is 2.04 bits per heavy atom. The van der Waals surface area contributed by atoms with Crippen LogP contribution in [-0.2, 0) is 0 Å². The van der Waals surface area contributed by atoms with Gasteiger partial charge in [0.2, 0.25) is 5.95 Å². The molecule has 0 radical (unpaired) electrons. The van der Waals surface area contributed by atoms with Gasteiger partial charge in [-0.1, -0.05) is 0 Å². The molecule has 0 bridgehead atoms. The zero-order valence-corrected chi connectivity index (χ0v) is 13.2. The van der Waals surface area contributed by atoms with Crippen LogP contribution in [0.4, 0.5) is 20.4 Å². The molecule has 1 aromatic carbocycles. The molecule has 5 nitrogen and oxygen atoms in total. The Morgan fingerprint density at radius 3 is 2.74 bits per heavy atom. The lowest BCUT2D eigenvalue weighted by Crippen LogP contribution is -2.38. The van der Waals surface area contributed by atoms with Gasteiger partial charge >= 0.3 is 0 Å². The number of fused-ring (bicyclic) bond motifs is 1. The number of anilines is 2. The molecule has 1 aliphatic rings. The van der Waals surface area contributed by atoms with Crippen LogP contribution in [0.2, 0.25) is 0 Å². The smallest absolute Gasteiger partial charge is 0.223 e. The number of hydrogen-bond donors (Lipinski definition) is 1. The topological polar surface area (TPSA) is 50.3 Å². The van der Waals surface area contributed by atoms with E-state index < -0.39 is 11.6 Å². The number of halogens is 2. The third-order valence-electron chi connectivity index (χ3n) is 3.78. The number of hydrogen-bond acceptors (Lipinski definition) is 5. The highest BCUT2D eigenvalue weighted by molar-refractivity contribution is 5.72. The molecule has 1 aliphatic heterocycles. The Labute approximate surface area is 133 Å². The highest BCUT2D eigenvalue weighted by atomic mass is 19.1. The third-order valence-corrected chi connectivity index (χ3v) is 3.78. The van der Waals surface area contributed by atoms with Gasteiger partial charge in [0, 0.05) is 18.7 Å². The van der Waals surface area contributed by atoms with Crippen molar-refractivity contribution in [2.45, 2.75) is 19.9 Å². The number of nitrogens with one attached hydrogen (secondary N) is 1. The molecule has 0 unspecified atom stereocenters. The van der Waals surface area contributed by atoms with Gasteiger partial charge in [0.1, 0.15) is 12.3 Å². The fraction of sp³-hybridized carbons (Fsp3) is 0.375. The van der Waals surface area contributed by atoms with Crippen LogP contribution in [0.1, 0.15) is 13.8 Å². The Kier molecular flexibility index (Phi) is 4.02. The van der Waals surface area contributed by atoms with E-state index in [0.29, 0.717) is 24.4 Å². The molecule has 23 heavy (non-hydrogen) atoms. The van der Waals surface area contributed by atoms with E-state index in [9.17, 15) is 8.78 Å². The summed E-state index contributed by atoms with van der Waals surface area (Å²) >= 11 is 0. The number of nitrogens with zero attached hydrogens (tertiary/aromatic N) is 3. The molecule has 1 N–H and O–H groups in total. The van der Waals surface area contributed by atoms with E-state index in [-0.39, 0.29) is 23.4 Å². The standard InChI is InChI=1S/C16H18F2N4O/c1-9(2)22-4-5-23-15-11(17)6-10(7-13(15)22)14-12(18)8-20-16(19-3)21-14/h6-9H,4-5H2,1-3H3,(H,19,20,21). The number of ether oxygens (including phenoxy) is 1. The van der Waals surface area contributed by atoms with Gasteiger partial charge in [0.25, 0.3) is 0 Å². The summed E-state index contributed by atoms with van der Waals surface area (Å²) in [5.41, 5.74) is 1.03. The van der Waals surface area contributed by atoms with Crippen LogP contribution in [0.5, 0.6) is 5.75 Å². The van der Waals surface area contributed by atoms with Crippen LogP contribution in [0.3, 0.4) is 0 Å². The van der Waals surface area contributed by atoms with Gasteiger partial charge in [-0.05, 0) is 26.0 Å². The molecule has 2 aromatic rings. The quantitative estimate of drug-likeness (QED) is 0.942. The average molecular weight is 320 g/mol. The van der Waals surface area contributed by atoms with E-state index in [1.807, 2.05) is 18.7 Å². The van der Waals surface area contributed by atoms with Crippen LogP contribution < -0.4 is 15.0 Å². The lowest BCUT2D eigenvalue weighted by Gasteiger charge is -2.34. The molecule has 0 aliphatic carbocycles. The van der Waals surface area contributed by atoms with E-state index >= 15 is 0 Å². The molecule has 0 atom stereocenters. The molecule has 1 aromatic heterocycles. The highest BCUT2D eigenvalue weighted by Crippen LogP contribution is 2.39. The molecule has 122 valence electrons. The Morgan fingerprint density at radius 1 is 1.26 bits per heavy atom. The lowest BCUT2D eigenvalue weighted by atomic mass is 10.1. The van der Waals surface area contributed by atoms with Crippen molar-refractivity contribution in [2.75, 3.05) is 30.4 Å². The van der Waals surface area contributed by atoms with Crippen LogP contribution in [0, 0.1) is 11.6 Å². The predicted octanol–water partition coefficient (Wildman–Crippen LogP) is 3.07. The van der Waals surface area contributed by atoms with Crippen molar-refractivity contribution in [3.05, 3.63) is 30.0 Å². The Bertz CT molecular complexity index is 736. The van der Waals surface area contributed by atoms with E-state index in [2.05, 4.69) is 15.3 Å². The summed E-state index contributed by atoms with van der Waals surface area (Å²) in [5, 5.41) is 2.75. The normalized spacial score (nSPS) is 13.7. The molecule has 0 spiro atoms. The van der Waals surface area contributed by atoms with Gasteiger partial charge in [-0.3, -0.25) is 0 Å². The van der Waals surface area contributed by atoms with Gasteiger partial charge in [0.15, 0.2) is 17.4 Å². The van der Waals surface area contributed by atoms with Gasteiger partial charge < -0.3 is 15.0 Å². The first kappa shape index (κ1) is 15.5. The highest BCUT2D eigenvalue weighted by Gasteiger charge is 2.25. The molecule has 2 heterocycles. The van der Waals surface area contributed by atoms with Crippen molar-refractivity contribution in [3.8, 4) is 17.0 Å². The third kappa shape index (κ3) is 2.78. The summed E-state index contributed by atoms with van der Waals surface area (Å²) in [5.74, 6) is -0.642. The summed E-state index contributed by atoms with van der Waals surface area (Å²) in [4.78, 5) is 9.94. The monoisotopic (exact) mass is 320 g/mol. The summed E-state index contributed by atoms with van der Waals surface area (Å²) in [6, 6.07) is 3.13.